The molecule has 0 bridgehead atoms. The van der Waals surface area contributed by atoms with Gasteiger partial charge in [0.05, 0.1) is 13.5 Å². The molecule has 8 heteroatoms. The summed E-state index contributed by atoms with van der Waals surface area (Å²) >= 11 is 1.17. The first-order chi connectivity index (χ1) is 12.5. The number of nitrogens with zero attached hydrogens (tertiary/aromatic N) is 1. The van der Waals surface area contributed by atoms with E-state index < -0.39 is 10.0 Å². The molecule has 1 aromatic heterocycles. The number of hydrogen-bond donors (Lipinski definition) is 1. The lowest BCUT2D eigenvalue weighted by Gasteiger charge is -2.13. The van der Waals surface area contributed by atoms with Gasteiger partial charge in [-0.2, -0.15) is 4.31 Å². The summed E-state index contributed by atoms with van der Waals surface area (Å²) in [5.41, 5.74) is 0.975. The van der Waals surface area contributed by atoms with Crippen molar-refractivity contribution in [2.75, 3.05) is 20.2 Å². The number of benzene rings is 1. The number of methoxy groups -OCH3 is 1. The molecule has 0 saturated carbocycles. The molecule has 1 N–H and O–H groups in total. The van der Waals surface area contributed by atoms with Gasteiger partial charge in [0.2, 0.25) is 5.91 Å². The minimum Gasteiger partial charge on any atom is -0.497 e. The summed E-state index contributed by atoms with van der Waals surface area (Å²) in [5.74, 6) is 0.637. The molecule has 1 amide bonds. The van der Waals surface area contributed by atoms with E-state index >= 15 is 0 Å². The number of ether oxygens (including phenoxy) is 1. The van der Waals surface area contributed by atoms with Crippen molar-refractivity contribution >= 4 is 27.3 Å². The zero-order chi connectivity index (χ0) is 18.6. The maximum absolute atomic E-state index is 12.5. The largest absolute Gasteiger partial charge is 0.497 e. The topological polar surface area (TPSA) is 75.7 Å². The van der Waals surface area contributed by atoms with Gasteiger partial charge in [0.25, 0.3) is 10.0 Å². The van der Waals surface area contributed by atoms with E-state index in [1.165, 1.54) is 15.6 Å². The Morgan fingerprint density at radius 1 is 1.15 bits per heavy atom. The normalized spacial score (nSPS) is 15.1. The average molecular weight is 395 g/mol. The number of hydrogen-bond acceptors (Lipinski definition) is 5. The van der Waals surface area contributed by atoms with Crippen LogP contribution in [0.4, 0.5) is 0 Å². The lowest BCUT2D eigenvalue weighted by Crippen LogP contribution is -2.27. The first-order valence-electron chi connectivity index (χ1n) is 8.47. The predicted octanol–water partition coefficient (Wildman–Crippen LogP) is 2.40. The minimum atomic E-state index is -3.41. The summed E-state index contributed by atoms with van der Waals surface area (Å²) in [5, 5.41) is 2.86. The summed E-state index contributed by atoms with van der Waals surface area (Å²) < 4.78 is 32.0. The van der Waals surface area contributed by atoms with Crippen LogP contribution in [0.5, 0.6) is 5.75 Å². The minimum absolute atomic E-state index is 0.132. The van der Waals surface area contributed by atoms with Gasteiger partial charge in [0.1, 0.15) is 9.96 Å². The number of sulfonamides is 1. The Hall–Kier alpha value is -1.90. The highest BCUT2D eigenvalue weighted by Gasteiger charge is 2.28. The van der Waals surface area contributed by atoms with Crippen molar-refractivity contribution in [2.45, 2.75) is 30.0 Å². The number of rotatable bonds is 7. The lowest BCUT2D eigenvalue weighted by molar-refractivity contribution is -0.120. The Balaban J connectivity index is 1.55. The maximum Gasteiger partial charge on any atom is 0.252 e. The molecule has 140 valence electrons. The zero-order valence-electron chi connectivity index (χ0n) is 14.6. The van der Waals surface area contributed by atoms with Crippen LogP contribution in [0.3, 0.4) is 0 Å². The third-order valence-electron chi connectivity index (χ3n) is 4.28. The van der Waals surface area contributed by atoms with E-state index in [-0.39, 0.29) is 12.3 Å². The van der Waals surface area contributed by atoms with Gasteiger partial charge in [-0.1, -0.05) is 12.1 Å². The molecule has 0 unspecified atom stereocenters. The molecule has 3 rings (SSSR count). The molecule has 1 aromatic carbocycles. The fourth-order valence-electron chi connectivity index (χ4n) is 2.81. The summed E-state index contributed by atoms with van der Waals surface area (Å²) in [6, 6.07) is 10.8. The summed E-state index contributed by atoms with van der Waals surface area (Å²) in [6.45, 7) is 1.59. The van der Waals surface area contributed by atoms with Crippen molar-refractivity contribution in [3.05, 3.63) is 46.8 Å². The Morgan fingerprint density at radius 3 is 2.50 bits per heavy atom. The van der Waals surface area contributed by atoms with Gasteiger partial charge in [0, 0.05) is 24.5 Å². The molecule has 2 aromatic rings. The fraction of sp³-hybridized carbons (Fsp3) is 0.389. The number of amides is 1. The third-order valence-corrected chi connectivity index (χ3v) is 7.73. The smallest absolute Gasteiger partial charge is 0.252 e. The van der Waals surface area contributed by atoms with Crippen molar-refractivity contribution in [3.63, 3.8) is 0 Å². The third kappa shape index (κ3) is 4.44. The predicted molar refractivity (Wildman–Crippen MR) is 101 cm³/mol. The maximum atomic E-state index is 12.5. The highest BCUT2D eigenvalue weighted by Crippen LogP contribution is 2.27. The molecule has 0 radical (unpaired) electrons. The fourth-order valence-corrected chi connectivity index (χ4v) is 5.84. The highest BCUT2D eigenvalue weighted by atomic mass is 32.2. The van der Waals surface area contributed by atoms with E-state index in [2.05, 4.69) is 5.32 Å². The van der Waals surface area contributed by atoms with Crippen molar-refractivity contribution < 1.29 is 17.9 Å². The molecule has 6 nitrogen and oxygen atoms in total. The molecular weight excluding hydrogens is 372 g/mol. The van der Waals surface area contributed by atoms with E-state index in [1.807, 2.05) is 24.3 Å². The van der Waals surface area contributed by atoms with Crippen molar-refractivity contribution in [2.24, 2.45) is 0 Å². The van der Waals surface area contributed by atoms with E-state index in [1.54, 1.807) is 19.2 Å². The Kier molecular flexibility index (Phi) is 5.95. The Morgan fingerprint density at radius 2 is 1.85 bits per heavy atom. The van der Waals surface area contributed by atoms with Crippen LogP contribution >= 0.6 is 11.3 Å². The monoisotopic (exact) mass is 394 g/mol. The van der Waals surface area contributed by atoms with Gasteiger partial charge >= 0.3 is 0 Å². The zero-order valence-corrected chi connectivity index (χ0v) is 16.2. The second-order valence-corrected chi connectivity index (χ2v) is 9.47. The van der Waals surface area contributed by atoms with Gasteiger partial charge in [-0.25, -0.2) is 8.42 Å². The summed E-state index contributed by atoms with van der Waals surface area (Å²) in [6.07, 6.45) is 1.99. The van der Waals surface area contributed by atoms with Gasteiger partial charge in [-0.05, 0) is 42.7 Å². The van der Waals surface area contributed by atoms with Crippen LogP contribution < -0.4 is 10.1 Å². The average Bonchev–Trinajstić information content (AvgIpc) is 3.33. The van der Waals surface area contributed by atoms with Crippen LogP contribution in [0.25, 0.3) is 0 Å². The molecule has 1 aliphatic rings. The standard InChI is InChI=1S/C18H22N2O4S2/c1-24-15-6-4-14(5-7-15)13-19-17(21)12-16-8-9-18(25-16)26(22,23)20-10-2-3-11-20/h4-9H,2-3,10-13H2,1H3,(H,19,21). The summed E-state index contributed by atoms with van der Waals surface area (Å²) in [4.78, 5) is 12.9. The van der Waals surface area contributed by atoms with Crippen LogP contribution in [0.15, 0.2) is 40.6 Å². The SMILES string of the molecule is COc1ccc(CNC(=O)Cc2ccc(S(=O)(=O)N3CCCC3)s2)cc1. The molecule has 1 fully saturated rings. The van der Waals surface area contributed by atoms with E-state index in [0.717, 1.165) is 29.0 Å². The molecule has 1 aliphatic heterocycles. The van der Waals surface area contributed by atoms with Crippen LogP contribution in [-0.4, -0.2) is 38.8 Å². The number of thiophene rings is 1. The van der Waals surface area contributed by atoms with Gasteiger partial charge in [0.15, 0.2) is 0 Å². The highest BCUT2D eigenvalue weighted by molar-refractivity contribution is 7.91. The molecule has 2 heterocycles. The first kappa shape index (κ1) is 18.9. The summed E-state index contributed by atoms with van der Waals surface area (Å²) in [7, 11) is -1.80. The van der Waals surface area contributed by atoms with E-state index in [9.17, 15) is 13.2 Å². The molecule has 26 heavy (non-hydrogen) atoms. The van der Waals surface area contributed by atoms with Gasteiger partial charge in [-0.15, -0.1) is 11.3 Å². The van der Waals surface area contributed by atoms with E-state index in [4.69, 9.17) is 4.74 Å². The number of carbonyl (C=O) groups excluding carboxylic acids is 1. The first-order valence-corrected chi connectivity index (χ1v) is 10.7. The number of carbonyl (C=O) groups is 1. The van der Waals surface area contributed by atoms with Gasteiger partial charge in [-0.3, -0.25) is 4.79 Å². The van der Waals surface area contributed by atoms with E-state index in [0.29, 0.717) is 23.8 Å². The second-order valence-electron chi connectivity index (χ2n) is 6.13. The van der Waals surface area contributed by atoms with Crippen molar-refractivity contribution in [1.29, 1.82) is 0 Å². The van der Waals surface area contributed by atoms with Gasteiger partial charge < -0.3 is 10.1 Å². The molecule has 0 atom stereocenters. The molecular formula is C18H22N2O4S2. The lowest BCUT2D eigenvalue weighted by atomic mass is 10.2. The van der Waals surface area contributed by atoms with Crippen molar-refractivity contribution in [3.8, 4) is 5.75 Å². The second kappa shape index (κ2) is 8.20. The van der Waals surface area contributed by atoms with Crippen LogP contribution in [0, 0.1) is 0 Å². The Labute approximate surface area is 157 Å². The molecule has 0 spiro atoms. The van der Waals surface area contributed by atoms with Crippen LogP contribution in [0.2, 0.25) is 0 Å². The van der Waals surface area contributed by atoms with Crippen LogP contribution in [-0.2, 0) is 27.8 Å². The molecule has 1 saturated heterocycles. The van der Waals surface area contributed by atoms with Crippen LogP contribution in [0.1, 0.15) is 23.3 Å². The Bertz CT molecular complexity index is 854. The quantitative estimate of drug-likeness (QED) is 0.782. The molecule has 0 aliphatic carbocycles. The van der Waals surface area contributed by atoms with Crippen molar-refractivity contribution in [1.82, 2.24) is 9.62 Å². The number of nitrogens with one attached hydrogen (secondary N) is 1.